The topological polar surface area (TPSA) is 57.3 Å². The number of halogens is 1. The van der Waals surface area contributed by atoms with Gasteiger partial charge in [-0.1, -0.05) is 12.1 Å². The van der Waals surface area contributed by atoms with Gasteiger partial charge in [-0.2, -0.15) is 0 Å². The normalized spacial score (nSPS) is 19.7. The van der Waals surface area contributed by atoms with Crippen molar-refractivity contribution >= 4 is 6.16 Å². The van der Waals surface area contributed by atoms with E-state index in [4.69, 9.17) is 14.2 Å². The summed E-state index contributed by atoms with van der Waals surface area (Å²) in [4.78, 5) is 11.0. The number of rotatable bonds is 9. The first-order valence-corrected chi connectivity index (χ1v) is 7.37. The Morgan fingerprint density at radius 2 is 2.00 bits per heavy atom. The standard InChI is InChI=1S/C16H21FO5/c1-19-15(18)22-16(12-21-16)9-2-3-10-20-11-8-13-4-6-14(17)7-5-13/h4-7H,2-3,8-12H2,1H3. The van der Waals surface area contributed by atoms with Crippen LogP contribution in [0.25, 0.3) is 0 Å². The Hall–Kier alpha value is -1.66. The van der Waals surface area contributed by atoms with Crippen molar-refractivity contribution in [1.82, 2.24) is 0 Å². The predicted octanol–water partition coefficient (Wildman–Crippen LogP) is 3.06. The van der Waals surface area contributed by atoms with E-state index in [0.29, 0.717) is 26.2 Å². The van der Waals surface area contributed by atoms with Gasteiger partial charge in [0.15, 0.2) is 0 Å². The third kappa shape index (κ3) is 5.61. The molecule has 0 amide bonds. The zero-order valence-electron chi connectivity index (χ0n) is 12.7. The number of unbranched alkanes of at least 4 members (excludes halogenated alkanes) is 1. The molecule has 1 heterocycles. The number of hydrogen-bond donors (Lipinski definition) is 0. The summed E-state index contributed by atoms with van der Waals surface area (Å²) in [6.45, 7) is 1.66. The molecule has 6 heteroatoms. The summed E-state index contributed by atoms with van der Waals surface area (Å²) in [6.07, 6.45) is 2.39. The molecular weight excluding hydrogens is 291 g/mol. The van der Waals surface area contributed by atoms with Gasteiger partial charge in [-0.05, 0) is 37.0 Å². The molecule has 2 rings (SSSR count). The van der Waals surface area contributed by atoms with Crippen LogP contribution in [0.3, 0.4) is 0 Å². The van der Waals surface area contributed by atoms with E-state index in [9.17, 15) is 9.18 Å². The molecule has 22 heavy (non-hydrogen) atoms. The summed E-state index contributed by atoms with van der Waals surface area (Å²) in [7, 11) is 1.27. The minimum atomic E-state index is -0.777. The lowest BCUT2D eigenvalue weighted by molar-refractivity contribution is -0.0331. The summed E-state index contributed by atoms with van der Waals surface area (Å²) in [5.41, 5.74) is 1.05. The Kier molecular flexibility index (Phi) is 6.15. The molecule has 1 fully saturated rings. The SMILES string of the molecule is COC(=O)OC1(CCCCOCCc2ccc(F)cc2)CO1. The number of epoxide rings is 1. The molecule has 1 atom stereocenters. The molecule has 1 saturated heterocycles. The number of methoxy groups -OCH3 is 1. The second kappa shape index (κ2) is 8.10. The average Bonchev–Trinajstić information content (AvgIpc) is 3.27. The highest BCUT2D eigenvalue weighted by Crippen LogP contribution is 2.34. The Bertz CT molecular complexity index is 470. The number of ether oxygens (including phenoxy) is 4. The second-order valence-electron chi connectivity index (χ2n) is 5.20. The van der Waals surface area contributed by atoms with Crippen molar-refractivity contribution in [1.29, 1.82) is 0 Å². The molecule has 0 N–H and O–H groups in total. The zero-order valence-corrected chi connectivity index (χ0v) is 12.7. The summed E-state index contributed by atoms with van der Waals surface area (Å²) in [5.74, 6) is -1.00. The molecule has 1 aliphatic rings. The van der Waals surface area contributed by atoms with Crippen LogP contribution in [0.4, 0.5) is 9.18 Å². The van der Waals surface area contributed by atoms with E-state index < -0.39 is 11.9 Å². The molecule has 122 valence electrons. The lowest BCUT2D eigenvalue weighted by Gasteiger charge is -2.11. The first-order valence-electron chi connectivity index (χ1n) is 7.37. The number of hydrogen-bond acceptors (Lipinski definition) is 5. The van der Waals surface area contributed by atoms with Crippen LogP contribution in [0.1, 0.15) is 24.8 Å². The van der Waals surface area contributed by atoms with Gasteiger partial charge >= 0.3 is 6.16 Å². The minimum Gasteiger partial charge on any atom is -0.438 e. The Morgan fingerprint density at radius 3 is 2.64 bits per heavy atom. The van der Waals surface area contributed by atoms with Crippen LogP contribution >= 0.6 is 0 Å². The molecule has 0 radical (unpaired) electrons. The van der Waals surface area contributed by atoms with Gasteiger partial charge in [-0.25, -0.2) is 9.18 Å². The molecule has 1 aliphatic heterocycles. The summed E-state index contributed by atoms with van der Waals surface area (Å²) in [5, 5.41) is 0. The van der Waals surface area contributed by atoms with Crippen LogP contribution in [-0.2, 0) is 25.4 Å². The lowest BCUT2D eigenvalue weighted by Crippen LogP contribution is -2.21. The fourth-order valence-corrected chi connectivity index (χ4v) is 2.07. The molecule has 1 aromatic carbocycles. The van der Waals surface area contributed by atoms with Crippen molar-refractivity contribution in [3.63, 3.8) is 0 Å². The van der Waals surface area contributed by atoms with Gasteiger partial charge in [0.1, 0.15) is 12.4 Å². The van der Waals surface area contributed by atoms with Crippen LogP contribution < -0.4 is 0 Å². The van der Waals surface area contributed by atoms with Crippen molar-refractivity contribution in [2.24, 2.45) is 0 Å². The van der Waals surface area contributed by atoms with Gasteiger partial charge in [0, 0.05) is 13.0 Å². The lowest BCUT2D eigenvalue weighted by atomic mass is 10.1. The molecule has 1 unspecified atom stereocenters. The third-order valence-corrected chi connectivity index (χ3v) is 3.45. The monoisotopic (exact) mass is 312 g/mol. The molecule has 0 aliphatic carbocycles. The van der Waals surface area contributed by atoms with E-state index in [2.05, 4.69) is 4.74 Å². The van der Waals surface area contributed by atoms with E-state index in [1.54, 1.807) is 12.1 Å². The van der Waals surface area contributed by atoms with E-state index in [1.165, 1.54) is 19.2 Å². The Morgan fingerprint density at radius 1 is 1.27 bits per heavy atom. The zero-order chi connectivity index (χ0) is 15.8. The largest absolute Gasteiger partial charge is 0.510 e. The quantitative estimate of drug-likeness (QED) is 0.398. The van der Waals surface area contributed by atoms with Crippen molar-refractivity contribution < 1.29 is 28.1 Å². The third-order valence-electron chi connectivity index (χ3n) is 3.45. The number of carbonyl (C=O) groups is 1. The van der Waals surface area contributed by atoms with E-state index in [0.717, 1.165) is 24.8 Å². The van der Waals surface area contributed by atoms with Crippen LogP contribution in [-0.4, -0.2) is 38.9 Å². The Balaban J connectivity index is 1.49. The maximum Gasteiger partial charge on any atom is 0.510 e. The fraction of sp³-hybridized carbons (Fsp3) is 0.562. The maximum atomic E-state index is 12.7. The van der Waals surface area contributed by atoms with Crippen LogP contribution in [0.2, 0.25) is 0 Å². The minimum absolute atomic E-state index is 0.227. The summed E-state index contributed by atoms with van der Waals surface area (Å²) >= 11 is 0. The van der Waals surface area contributed by atoms with Gasteiger partial charge in [0.25, 0.3) is 0 Å². The first kappa shape index (κ1) is 16.7. The van der Waals surface area contributed by atoms with Crippen molar-refractivity contribution in [2.45, 2.75) is 31.5 Å². The molecular formula is C16H21FO5. The van der Waals surface area contributed by atoms with Crippen molar-refractivity contribution in [3.05, 3.63) is 35.6 Å². The first-order chi connectivity index (χ1) is 10.6. The van der Waals surface area contributed by atoms with Crippen LogP contribution in [0.15, 0.2) is 24.3 Å². The number of benzene rings is 1. The summed E-state index contributed by atoms with van der Waals surface area (Å²) < 4.78 is 32.9. The molecule has 0 aromatic heterocycles. The van der Waals surface area contributed by atoms with Crippen molar-refractivity contribution in [2.75, 3.05) is 26.9 Å². The van der Waals surface area contributed by atoms with Gasteiger partial charge in [-0.3, -0.25) is 0 Å². The highest BCUT2D eigenvalue weighted by molar-refractivity contribution is 5.60. The highest BCUT2D eigenvalue weighted by atomic mass is 19.1. The van der Waals surface area contributed by atoms with Gasteiger partial charge in [0.2, 0.25) is 5.79 Å². The van der Waals surface area contributed by atoms with Gasteiger partial charge in [-0.15, -0.1) is 0 Å². The smallest absolute Gasteiger partial charge is 0.438 e. The maximum absolute atomic E-state index is 12.7. The summed E-state index contributed by atoms with van der Waals surface area (Å²) in [6, 6.07) is 6.42. The van der Waals surface area contributed by atoms with Crippen LogP contribution in [0.5, 0.6) is 0 Å². The van der Waals surface area contributed by atoms with Gasteiger partial charge < -0.3 is 18.9 Å². The molecule has 5 nitrogen and oxygen atoms in total. The van der Waals surface area contributed by atoms with Crippen LogP contribution in [0, 0.1) is 5.82 Å². The van der Waals surface area contributed by atoms with E-state index in [1.807, 2.05) is 0 Å². The van der Waals surface area contributed by atoms with Gasteiger partial charge in [0.05, 0.1) is 13.7 Å². The van der Waals surface area contributed by atoms with Crippen molar-refractivity contribution in [3.8, 4) is 0 Å². The fourth-order valence-electron chi connectivity index (χ4n) is 2.07. The number of carbonyl (C=O) groups excluding carboxylic acids is 1. The highest BCUT2D eigenvalue weighted by Gasteiger charge is 2.49. The molecule has 1 aromatic rings. The van der Waals surface area contributed by atoms with E-state index in [-0.39, 0.29) is 5.82 Å². The molecule has 0 saturated carbocycles. The predicted molar refractivity (Wildman–Crippen MR) is 76.9 cm³/mol. The Labute approximate surface area is 129 Å². The average molecular weight is 312 g/mol. The van der Waals surface area contributed by atoms with E-state index >= 15 is 0 Å². The second-order valence-corrected chi connectivity index (χ2v) is 5.20. The molecule has 0 spiro atoms. The molecule has 0 bridgehead atoms.